The van der Waals surface area contributed by atoms with Crippen LogP contribution in [0.2, 0.25) is 0 Å². The average molecular weight is 477 g/mol. The fourth-order valence-electron chi connectivity index (χ4n) is 3.11. The second-order valence-corrected chi connectivity index (χ2v) is 8.67. The highest BCUT2D eigenvalue weighted by molar-refractivity contribution is 7.89. The van der Waals surface area contributed by atoms with Gasteiger partial charge in [-0.25, -0.2) is 8.42 Å². The van der Waals surface area contributed by atoms with Gasteiger partial charge in [0, 0.05) is 0 Å². The minimum absolute atomic E-state index is 0.0173. The zero-order chi connectivity index (χ0) is 24.1. The molecule has 3 aromatic rings. The number of carbonyl (C=O) groups excluding carboxylic acids is 1. The van der Waals surface area contributed by atoms with Gasteiger partial charge in [0.15, 0.2) is 0 Å². The van der Waals surface area contributed by atoms with E-state index in [4.69, 9.17) is 5.26 Å². The lowest BCUT2D eigenvalue weighted by Gasteiger charge is -2.18. The fourth-order valence-corrected chi connectivity index (χ4v) is 4.31. The summed E-state index contributed by atoms with van der Waals surface area (Å²) in [6.07, 6.45) is -4.93. The van der Waals surface area contributed by atoms with E-state index in [-0.39, 0.29) is 17.9 Å². The summed E-state index contributed by atoms with van der Waals surface area (Å²) in [7, 11) is -4.28. The monoisotopic (exact) mass is 477 g/mol. The summed E-state index contributed by atoms with van der Waals surface area (Å²) in [4.78, 5) is 12.2. The number of hydrogen-bond acceptors (Lipinski definition) is 5. The minimum Gasteiger partial charge on any atom is -0.406 e. The number of amides is 1. The molecule has 0 aromatic heterocycles. The van der Waals surface area contributed by atoms with Gasteiger partial charge in [0.1, 0.15) is 18.3 Å². The number of fused-ring (bicyclic) bond motifs is 1. The van der Waals surface area contributed by atoms with Crippen molar-refractivity contribution in [1.82, 2.24) is 10.0 Å². The number of nitrogens with one attached hydrogen (secondary N) is 2. The van der Waals surface area contributed by atoms with Crippen molar-refractivity contribution >= 4 is 26.7 Å². The van der Waals surface area contributed by atoms with Crippen molar-refractivity contribution in [3.05, 3.63) is 72.3 Å². The van der Waals surface area contributed by atoms with Crippen LogP contribution in [0, 0.1) is 11.3 Å². The Labute approximate surface area is 187 Å². The standard InChI is InChI=1S/C22H18F3N3O4S/c23-22(24,25)32-18-7-9-19(10-8-18)33(30,31)28-20(21(29)27-12-11-26)14-15-5-6-16-3-1-2-4-17(16)13-15/h1-10,13,20,28H,12,14H2,(H,27,29). The molecule has 11 heteroatoms. The molecule has 172 valence electrons. The number of sulfonamides is 1. The van der Waals surface area contributed by atoms with Crippen LogP contribution in [0.15, 0.2) is 71.6 Å². The third-order valence-corrected chi connectivity index (χ3v) is 6.06. The first kappa shape index (κ1) is 24.0. The maximum absolute atomic E-state index is 12.8. The van der Waals surface area contributed by atoms with Gasteiger partial charge in [-0.2, -0.15) is 9.98 Å². The number of benzene rings is 3. The maximum Gasteiger partial charge on any atom is 0.573 e. The highest BCUT2D eigenvalue weighted by Crippen LogP contribution is 2.24. The van der Waals surface area contributed by atoms with Gasteiger partial charge in [0.2, 0.25) is 15.9 Å². The van der Waals surface area contributed by atoms with Crippen molar-refractivity contribution in [2.75, 3.05) is 6.54 Å². The molecule has 0 fully saturated rings. The molecule has 0 aliphatic rings. The SMILES string of the molecule is N#CCNC(=O)C(Cc1ccc2ccccc2c1)NS(=O)(=O)c1ccc(OC(F)(F)F)cc1. The lowest BCUT2D eigenvalue weighted by molar-refractivity contribution is -0.274. The molecule has 2 N–H and O–H groups in total. The van der Waals surface area contributed by atoms with Crippen molar-refractivity contribution in [3.63, 3.8) is 0 Å². The molecule has 0 saturated carbocycles. The Hall–Kier alpha value is -3.62. The van der Waals surface area contributed by atoms with E-state index in [1.807, 2.05) is 36.4 Å². The number of nitrogens with zero attached hydrogens (tertiary/aromatic N) is 1. The summed E-state index contributed by atoms with van der Waals surface area (Å²) in [5, 5.41) is 12.9. The Morgan fingerprint density at radius 3 is 2.33 bits per heavy atom. The predicted molar refractivity (Wildman–Crippen MR) is 114 cm³/mol. The van der Waals surface area contributed by atoms with Crippen LogP contribution in [0.25, 0.3) is 10.8 Å². The van der Waals surface area contributed by atoms with Gasteiger partial charge in [0.05, 0.1) is 11.0 Å². The summed E-state index contributed by atoms with van der Waals surface area (Å²) in [5.41, 5.74) is 0.669. The molecule has 0 heterocycles. The molecule has 7 nitrogen and oxygen atoms in total. The van der Waals surface area contributed by atoms with E-state index in [9.17, 15) is 26.4 Å². The summed E-state index contributed by atoms with van der Waals surface area (Å²) in [6, 6.07) is 17.0. The Morgan fingerprint density at radius 2 is 1.70 bits per heavy atom. The molecule has 0 aliphatic heterocycles. The molecule has 3 rings (SSSR count). The second kappa shape index (κ2) is 9.89. The largest absolute Gasteiger partial charge is 0.573 e. The van der Waals surface area contributed by atoms with Gasteiger partial charge in [-0.15, -0.1) is 13.2 Å². The number of hydrogen-bond donors (Lipinski definition) is 2. The van der Waals surface area contributed by atoms with Crippen LogP contribution in [-0.2, 0) is 21.2 Å². The van der Waals surface area contributed by atoms with Gasteiger partial charge < -0.3 is 10.1 Å². The number of alkyl halides is 3. The van der Waals surface area contributed by atoms with Crippen LogP contribution < -0.4 is 14.8 Å². The van der Waals surface area contributed by atoms with E-state index >= 15 is 0 Å². The zero-order valence-electron chi connectivity index (χ0n) is 17.0. The number of rotatable bonds is 8. The quantitative estimate of drug-likeness (QED) is 0.484. The van der Waals surface area contributed by atoms with Gasteiger partial charge in [0.25, 0.3) is 0 Å². The van der Waals surface area contributed by atoms with E-state index in [1.54, 1.807) is 12.1 Å². The fraction of sp³-hybridized carbons (Fsp3) is 0.182. The van der Waals surface area contributed by atoms with Crippen LogP contribution in [0.4, 0.5) is 13.2 Å². The Bertz CT molecular complexity index is 1290. The summed E-state index contributed by atoms with van der Waals surface area (Å²) >= 11 is 0. The molecular formula is C22H18F3N3O4S. The maximum atomic E-state index is 12.8. The van der Waals surface area contributed by atoms with E-state index in [0.717, 1.165) is 35.0 Å². The van der Waals surface area contributed by atoms with Gasteiger partial charge >= 0.3 is 6.36 Å². The molecule has 33 heavy (non-hydrogen) atoms. The van der Waals surface area contributed by atoms with Crippen LogP contribution in [0.5, 0.6) is 5.75 Å². The zero-order valence-corrected chi connectivity index (χ0v) is 17.8. The number of halogens is 3. The van der Waals surface area contributed by atoms with Crippen molar-refractivity contribution < 1.29 is 31.1 Å². The Balaban J connectivity index is 1.84. The normalized spacial score (nSPS) is 12.7. The molecule has 0 bridgehead atoms. The average Bonchev–Trinajstić information content (AvgIpc) is 2.76. The van der Waals surface area contributed by atoms with E-state index < -0.39 is 34.1 Å². The smallest absolute Gasteiger partial charge is 0.406 e. The summed E-state index contributed by atoms with van der Waals surface area (Å²) in [5.74, 6) is -1.30. The van der Waals surface area contributed by atoms with E-state index in [2.05, 4.69) is 14.8 Å². The first-order valence-corrected chi connectivity index (χ1v) is 11.1. The van der Waals surface area contributed by atoms with Crippen LogP contribution in [-0.4, -0.2) is 33.3 Å². The third-order valence-electron chi connectivity index (χ3n) is 4.58. The second-order valence-electron chi connectivity index (χ2n) is 6.95. The van der Waals surface area contributed by atoms with E-state index in [0.29, 0.717) is 5.56 Å². The van der Waals surface area contributed by atoms with Crippen molar-refractivity contribution in [2.45, 2.75) is 23.7 Å². The first-order valence-electron chi connectivity index (χ1n) is 9.58. The molecule has 3 aromatic carbocycles. The van der Waals surface area contributed by atoms with Gasteiger partial charge in [-0.3, -0.25) is 4.79 Å². The number of carbonyl (C=O) groups is 1. The van der Waals surface area contributed by atoms with Crippen molar-refractivity contribution in [1.29, 1.82) is 5.26 Å². The van der Waals surface area contributed by atoms with Crippen molar-refractivity contribution in [3.8, 4) is 11.8 Å². The van der Waals surface area contributed by atoms with Crippen LogP contribution in [0.3, 0.4) is 0 Å². The molecule has 0 spiro atoms. The highest BCUT2D eigenvalue weighted by Gasteiger charge is 2.31. The minimum atomic E-state index is -4.91. The van der Waals surface area contributed by atoms with Crippen LogP contribution >= 0.6 is 0 Å². The molecule has 1 unspecified atom stereocenters. The molecule has 1 atom stereocenters. The van der Waals surface area contributed by atoms with E-state index in [1.165, 1.54) is 0 Å². The lowest BCUT2D eigenvalue weighted by atomic mass is 10.0. The van der Waals surface area contributed by atoms with Gasteiger partial charge in [-0.1, -0.05) is 42.5 Å². The highest BCUT2D eigenvalue weighted by atomic mass is 32.2. The lowest BCUT2D eigenvalue weighted by Crippen LogP contribution is -2.48. The predicted octanol–water partition coefficient (Wildman–Crippen LogP) is 3.27. The summed E-state index contributed by atoms with van der Waals surface area (Å²) in [6.45, 7) is -0.321. The van der Waals surface area contributed by atoms with Crippen LogP contribution in [0.1, 0.15) is 5.56 Å². The number of nitriles is 1. The molecule has 1 amide bonds. The Kier molecular flexibility index (Phi) is 7.20. The molecule has 0 radical (unpaired) electrons. The first-order chi connectivity index (χ1) is 15.6. The molecular weight excluding hydrogens is 459 g/mol. The third kappa shape index (κ3) is 6.68. The Morgan fingerprint density at radius 1 is 1.03 bits per heavy atom. The molecule has 0 saturated heterocycles. The number of ether oxygens (including phenoxy) is 1. The van der Waals surface area contributed by atoms with Gasteiger partial charge in [-0.05, 0) is 47.0 Å². The summed E-state index contributed by atoms with van der Waals surface area (Å²) < 4.78 is 68.6. The molecule has 0 aliphatic carbocycles. The van der Waals surface area contributed by atoms with Crippen molar-refractivity contribution in [2.24, 2.45) is 0 Å². The topological polar surface area (TPSA) is 108 Å².